The molecule has 0 aliphatic carbocycles. The minimum atomic E-state index is -3.26. The van der Waals surface area contributed by atoms with Crippen molar-refractivity contribution in [1.82, 2.24) is 14.9 Å². The first kappa shape index (κ1) is 19.3. The van der Waals surface area contributed by atoms with Gasteiger partial charge in [-0.3, -0.25) is 4.90 Å². The van der Waals surface area contributed by atoms with Gasteiger partial charge in [-0.15, -0.1) is 11.3 Å². The molecule has 1 fully saturated rings. The van der Waals surface area contributed by atoms with Crippen LogP contribution in [0.3, 0.4) is 0 Å². The zero-order chi connectivity index (χ0) is 19.6. The number of nitrogens with zero attached hydrogens (tertiary/aromatic N) is 3. The quantitative estimate of drug-likeness (QED) is 0.664. The Morgan fingerprint density at radius 1 is 1.21 bits per heavy atom. The third-order valence-electron chi connectivity index (χ3n) is 5.26. The van der Waals surface area contributed by atoms with E-state index in [1.54, 1.807) is 18.2 Å². The monoisotopic (exact) mass is 416 g/mol. The Balaban J connectivity index is 1.39. The van der Waals surface area contributed by atoms with Crippen LogP contribution >= 0.6 is 11.3 Å². The van der Waals surface area contributed by atoms with Crippen molar-refractivity contribution in [3.63, 3.8) is 0 Å². The van der Waals surface area contributed by atoms with E-state index < -0.39 is 9.84 Å². The predicted octanol–water partition coefficient (Wildman–Crippen LogP) is 3.42. The molecular formula is C20H24N4O2S2. The van der Waals surface area contributed by atoms with Crippen LogP contribution in [0.4, 0.5) is 5.82 Å². The fourth-order valence-corrected chi connectivity index (χ4v) is 5.01. The van der Waals surface area contributed by atoms with Gasteiger partial charge in [-0.05, 0) is 61.5 Å². The number of likely N-dealkylation sites (tertiary alicyclic amines) is 1. The molecule has 148 valence electrons. The van der Waals surface area contributed by atoms with Crippen molar-refractivity contribution in [1.29, 1.82) is 0 Å². The van der Waals surface area contributed by atoms with E-state index in [1.165, 1.54) is 17.5 Å². The van der Waals surface area contributed by atoms with Gasteiger partial charge in [-0.1, -0.05) is 6.07 Å². The third-order valence-corrected chi connectivity index (χ3v) is 7.23. The lowest BCUT2D eigenvalue weighted by Crippen LogP contribution is -2.35. The van der Waals surface area contributed by atoms with Crippen molar-refractivity contribution < 1.29 is 8.42 Å². The van der Waals surface area contributed by atoms with E-state index in [1.807, 2.05) is 11.3 Å². The summed E-state index contributed by atoms with van der Waals surface area (Å²) in [5.74, 6) is 1.29. The van der Waals surface area contributed by atoms with Gasteiger partial charge in [0.2, 0.25) is 0 Å². The Kier molecular flexibility index (Phi) is 5.61. The molecular weight excluding hydrogens is 392 g/mol. The summed E-state index contributed by atoms with van der Waals surface area (Å²) in [5, 5.41) is 6.32. The Morgan fingerprint density at radius 2 is 2.04 bits per heavy atom. The highest BCUT2D eigenvalue weighted by Crippen LogP contribution is 2.25. The zero-order valence-electron chi connectivity index (χ0n) is 15.8. The largest absolute Gasteiger partial charge is 0.369 e. The lowest BCUT2D eigenvalue weighted by atomic mass is 9.96. The van der Waals surface area contributed by atoms with Crippen LogP contribution < -0.4 is 5.32 Å². The molecule has 0 spiro atoms. The highest BCUT2D eigenvalue weighted by atomic mass is 32.2. The highest BCUT2D eigenvalue weighted by Gasteiger charge is 2.20. The number of fused-ring (bicyclic) bond motifs is 1. The van der Waals surface area contributed by atoms with Crippen molar-refractivity contribution in [3.8, 4) is 0 Å². The first-order valence-electron chi connectivity index (χ1n) is 9.42. The van der Waals surface area contributed by atoms with Crippen LogP contribution in [0.15, 0.2) is 46.9 Å². The number of aromatic nitrogens is 2. The summed E-state index contributed by atoms with van der Waals surface area (Å²) in [4.78, 5) is 12.8. The van der Waals surface area contributed by atoms with Gasteiger partial charge >= 0.3 is 0 Å². The molecule has 1 aliphatic heterocycles. The maximum absolute atomic E-state index is 11.9. The van der Waals surface area contributed by atoms with Crippen molar-refractivity contribution >= 4 is 37.9 Å². The maximum atomic E-state index is 11.9. The Hall–Kier alpha value is -2.03. The average Bonchev–Trinajstić information content (AvgIpc) is 3.19. The summed E-state index contributed by atoms with van der Waals surface area (Å²) in [6.07, 6.45) is 5.04. The van der Waals surface area contributed by atoms with E-state index in [0.29, 0.717) is 16.6 Å². The number of sulfone groups is 1. The first-order chi connectivity index (χ1) is 13.5. The fraction of sp³-hybridized carbons (Fsp3) is 0.400. The second kappa shape index (κ2) is 8.14. The van der Waals surface area contributed by atoms with E-state index in [9.17, 15) is 8.42 Å². The van der Waals surface area contributed by atoms with Crippen LogP contribution in [-0.2, 0) is 16.4 Å². The second-order valence-electron chi connectivity index (χ2n) is 7.35. The average molecular weight is 417 g/mol. The van der Waals surface area contributed by atoms with Crippen LogP contribution in [-0.4, -0.2) is 49.2 Å². The van der Waals surface area contributed by atoms with Gasteiger partial charge in [-0.25, -0.2) is 18.4 Å². The van der Waals surface area contributed by atoms with Crippen LogP contribution in [0.1, 0.15) is 17.7 Å². The van der Waals surface area contributed by atoms with Gasteiger partial charge in [0, 0.05) is 29.6 Å². The number of nitrogens with one attached hydrogen (secondary N) is 1. The minimum absolute atomic E-state index is 0.291. The van der Waals surface area contributed by atoms with Gasteiger partial charge in [-0.2, -0.15) is 0 Å². The number of rotatable bonds is 6. The predicted molar refractivity (Wildman–Crippen MR) is 113 cm³/mol. The van der Waals surface area contributed by atoms with Gasteiger partial charge in [0.25, 0.3) is 0 Å². The second-order valence-corrected chi connectivity index (χ2v) is 10.4. The maximum Gasteiger partial charge on any atom is 0.175 e. The molecule has 1 aromatic carbocycles. The van der Waals surface area contributed by atoms with E-state index in [2.05, 4.69) is 37.7 Å². The summed E-state index contributed by atoms with van der Waals surface area (Å²) in [6.45, 7) is 4.09. The number of anilines is 1. The van der Waals surface area contributed by atoms with Crippen LogP contribution in [0, 0.1) is 5.92 Å². The molecule has 0 amide bonds. The summed E-state index contributed by atoms with van der Waals surface area (Å²) < 4.78 is 23.7. The third kappa shape index (κ3) is 4.51. The summed E-state index contributed by atoms with van der Waals surface area (Å²) in [7, 11) is -3.26. The standard InChI is InChI=1S/C20H24N4O2S2/c1-28(25,26)17-4-5-19-18(11-17)20(23-14-22-19)21-12-15-6-8-24(9-7-15)13-16-3-2-10-27-16/h2-5,10-11,14-15H,6-9,12-13H2,1H3,(H,21,22,23). The van der Waals surface area contributed by atoms with Crippen molar-refractivity contribution in [2.45, 2.75) is 24.3 Å². The van der Waals surface area contributed by atoms with E-state index in [-0.39, 0.29) is 0 Å². The molecule has 0 bridgehead atoms. The molecule has 0 radical (unpaired) electrons. The van der Waals surface area contributed by atoms with Gasteiger partial charge < -0.3 is 5.32 Å². The molecule has 3 aromatic rings. The molecule has 6 nitrogen and oxygen atoms in total. The van der Waals surface area contributed by atoms with Crippen LogP contribution in [0.25, 0.3) is 10.9 Å². The van der Waals surface area contributed by atoms with E-state index in [4.69, 9.17) is 0 Å². The van der Waals surface area contributed by atoms with Gasteiger partial charge in [0.15, 0.2) is 9.84 Å². The number of benzene rings is 1. The van der Waals surface area contributed by atoms with Crippen molar-refractivity contribution in [3.05, 3.63) is 46.9 Å². The number of hydrogen-bond acceptors (Lipinski definition) is 7. The lowest BCUT2D eigenvalue weighted by molar-refractivity contribution is 0.184. The van der Waals surface area contributed by atoms with Crippen LogP contribution in [0.5, 0.6) is 0 Å². The Morgan fingerprint density at radius 3 is 2.75 bits per heavy atom. The topological polar surface area (TPSA) is 75.2 Å². The number of thiophene rings is 1. The SMILES string of the molecule is CS(=O)(=O)c1ccc2ncnc(NCC3CCN(Cc4cccs4)CC3)c2c1. The number of hydrogen-bond donors (Lipinski definition) is 1. The number of piperidine rings is 1. The van der Waals surface area contributed by atoms with Gasteiger partial charge in [0.1, 0.15) is 12.1 Å². The first-order valence-corrected chi connectivity index (χ1v) is 12.2. The highest BCUT2D eigenvalue weighted by molar-refractivity contribution is 7.90. The molecule has 1 N–H and O–H groups in total. The molecule has 0 saturated carbocycles. The van der Waals surface area contributed by atoms with Crippen LogP contribution in [0.2, 0.25) is 0 Å². The zero-order valence-corrected chi connectivity index (χ0v) is 17.5. The molecule has 1 aliphatic rings. The normalized spacial score (nSPS) is 16.5. The molecule has 4 rings (SSSR count). The molecule has 3 heterocycles. The summed E-state index contributed by atoms with van der Waals surface area (Å²) in [6, 6.07) is 9.30. The van der Waals surface area contributed by atoms with Crippen molar-refractivity contribution in [2.75, 3.05) is 31.2 Å². The van der Waals surface area contributed by atoms with E-state index >= 15 is 0 Å². The molecule has 8 heteroatoms. The molecule has 1 saturated heterocycles. The Bertz CT molecular complexity index is 1040. The Labute approximate surface area is 169 Å². The fourth-order valence-electron chi connectivity index (χ4n) is 3.62. The van der Waals surface area contributed by atoms with Gasteiger partial charge in [0.05, 0.1) is 10.4 Å². The molecule has 2 aromatic heterocycles. The molecule has 28 heavy (non-hydrogen) atoms. The van der Waals surface area contributed by atoms with Crippen molar-refractivity contribution in [2.24, 2.45) is 5.92 Å². The molecule has 0 unspecified atom stereocenters. The lowest BCUT2D eigenvalue weighted by Gasteiger charge is -2.31. The smallest absolute Gasteiger partial charge is 0.175 e. The molecule has 0 atom stereocenters. The summed E-state index contributed by atoms with van der Waals surface area (Å²) >= 11 is 1.82. The summed E-state index contributed by atoms with van der Waals surface area (Å²) in [5.41, 5.74) is 0.746. The van der Waals surface area contributed by atoms with E-state index in [0.717, 1.165) is 49.9 Å². The minimum Gasteiger partial charge on any atom is -0.369 e.